The summed E-state index contributed by atoms with van der Waals surface area (Å²) >= 11 is 0. The fourth-order valence-electron chi connectivity index (χ4n) is 2.45. The molecule has 0 radical (unpaired) electrons. The van der Waals surface area contributed by atoms with Crippen LogP contribution in [0.15, 0.2) is 18.3 Å². The maximum Gasteiger partial charge on any atom is 0.155 e. The van der Waals surface area contributed by atoms with Crippen molar-refractivity contribution in [2.45, 2.75) is 19.3 Å². The van der Waals surface area contributed by atoms with Crippen molar-refractivity contribution in [3.63, 3.8) is 0 Å². The van der Waals surface area contributed by atoms with Gasteiger partial charge in [-0.15, -0.1) is 0 Å². The van der Waals surface area contributed by atoms with Crippen LogP contribution in [0, 0.1) is 5.92 Å². The number of nitrogens with one attached hydrogen (secondary N) is 1. The molecule has 0 atom stereocenters. The van der Waals surface area contributed by atoms with E-state index in [-0.39, 0.29) is 0 Å². The fraction of sp³-hybridized carbons (Fsp3) is 0.462. The molecule has 5 nitrogen and oxygen atoms in total. The zero-order valence-corrected chi connectivity index (χ0v) is 10.2. The van der Waals surface area contributed by atoms with Gasteiger partial charge in [0, 0.05) is 18.2 Å². The predicted octanol–water partition coefficient (Wildman–Crippen LogP) is 1.08. The maximum absolute atomic E-state index is 10.7. The number of rotatable bonds is 3. The average molecular weight is 244 g/mol. The fourth-order valence-corrected chi connectivity index (χ4v) is 2.45. The van der Waals surface area contributed by atoms with Gasteiger partial charge in [-0.25, -0.2) is 9.50 Å². The van der Waals surface area contributed by atoms with Crippen LogP contribution in [0.1, 0.15) is 29.0 Å². The Morgan fingerprint density at radius 3 is 3.00 bits per heavy atom. The van der Waals surface area contributed by atoms with Crippen LogP contribution < -0.4 is 5.32 Å². The quantitative estimate of drug-likeness (QED) is 0.821. The number of piperidine rings is 1. The summed E-state index contributed by atoms with van der Waals surface area (Å²) in [5.74, 6) is 1.55. The predicted molar refractivity (Wildman–Crippen MR) is 67.7 cm³/mol. The molecule has 1 saturated heterocycles. The minimum absolute atomic E-state index is 0.626. The molecule has 0 saturated carbocycles. The summed E-state index contributed by atoms with van der Waals surface area (Å²) in [7, 11) is 0. The lowest BCUT2D eigenvalue weighted by molar-refractivity contribution is 0.112. The molecule has 0 aliphatic carbocycles. The molecule has 2 aromatic rings. The van der Waals surface area contributed by atoms with Crippen molar-refractivity contribution in [3.05, 3.63) is 29.7 Å². The van der Waals surface area contributed by atoms with Crippen LogP contribution in [0.3, 0.4) is 0 Å². The molecule has 1 fully saturated rings. The van der Waals surface area contributed by atoms with Crippen molar-refractivity contribution in [1.29, 1.82) is 0 Å². The monoisotopic (exact) mass is 244 g/mol. The highest BCUT2D eigenvalue weighted by Crippen LogP contribution is 2.16. The second-order valence-corrected chi connectivity index (χ2v) is 4.81. The lowest BCUT2D eigenvalue weighted by atomic mass is 9.94. The van der Waals surface area contributed by atoms with E-state index < -0.39 is 0 Å². The largest absolute Gasteiger partial charge is 0.317 e. The van der Waals surface area contributed by atoms with Crippen LogP contribution >= 0.6 is 0 Å². The topological polar surface area (TPSA) is 59.3 Å². The van der Waals surface area contributed by atoms with Crippen molar-refractivity contribution >= 4 is 11.9 Å². The summed E-state index contributed by atoms with van der Waals surface area (Å²) in [6.45, 7) is 2.18. The van der Waals surface area contributed by atoms with Gasteiger partial charge < -0.3 is 5.32 Å². The number of aromatic nitrogens is 3. The van der Waals surface area contributed by atoms with Crippen LogP contribution in [-0.2, 0) is 6.42 Å². The van der Waals surface area contributed by atoms with Gasteiger partial charge in [-0.2, -0.15) is 5.10 Å². The molecular weight excluding hydrogens is 228 g/mol. The smallest absolute Gasteiger partial charge is 0.155 e. The maximum atomic E-state index is 10.7. The Kier molecular flexibility index (Phi) is 3.06. The summed E-state index contributed by atoms with van der Waals surface area (Å²) in [5, 5.41) is 7.80. The van der Waals surface area contributed by atoms with E-state index in [4.69, 9.17) is 0 Å². The van der Waals surface area contributed by atoms with Gasteiger partial charge in [-0.05, 0) is 44.0 Å². The van der Waals surface area contributed by atoms with Crippen LogP contribution in [0.25, 0.3) is 5.65 Å². The van der Waals surface area contributed by atoms with E-state index in [2.05, 4.69) is 15.4 Å². The molecule has 1 aliphatic rings. The summed E-state index contributed by atoms with van der Waals surface area (Å²) < 4.78 is 1.69. The van der Waals surface area contributed by atoms with E-state index in [1.54, 1.807) is 16.8 Å². The van der Waals surface area contributed by atoms with Crippen LogP contribution in [0.5, 0.6) is 0 Å². The lowest BCUT2D eigenvalue weighted by Crippen LogP contribution is -2.28. The Bertz CT molecular complexity index is 557. The molecule has 2 aromatic heterocycles. The van der Waals surface area contributed by atoms with E-state index in [9.17, 15) is 4.79 Å². The third kappa shape index (κ3) is 2.26. The van der Waals surface area contributed by atoms with Gasteiger partial charge >= 0.3 is 0 Å². The molecule has 18 heavy (non-hydrogen) atoms. The van der Waals surface area contributed by atoms with Gasteiger partial charge in [0.1, 0.15) is 0 Å². The molecule has 1 N–H and O–H groups in total. The number of pyridine rings is 1. The molecule has 5 heteroatoms. The Hall–Kier alpha value is -1.75. The van der Waals surface area contributed by atoms with Crippen molar-refractivity contribution in [1.82, 2.24) is 19.9 Å². The highest BCUT2D eigenvalue weighted by Gasteiger charge is 2.16. The standard InChI is InChI=1S/C13H16N4O/c18-9-11-1-2-13-15-12(16-17(13)8-11)7-10-3-5-14-6-4-10/h1-2,8-10,14H,3-7H2. The lowest BCUT2D eigenvalue weighted by Gasteiger charge is -2.20. The number of fused-ring (bicyclic) bond motifs is 1. The first-order chi connectivity index (χ1) is 8.85. The van der Waals surface area contributed by atoms with Gasteiger partial charge in [0.25, 0.3) is 0 Å². The van der Waals surface area contributed by atoms with Crippen LogP contribution in [-0.4, -0.2) is 34.0 Å². The average Bonchev–Trinajstić information content (AvgIpc) is 2.80. The molecule has 0 aromatic carbocycles. The van der Waals surface area contributed by atoms with Gasteiger partial charge in [-0.1, -0.05) is 0 Å². The second-order valence-electron chi connectivity index (χ2n) is 4.81. The van der Waals surface area contributed by atoms with Crippen molar-refractivity contribution in [3.8, 4) is 0 Å². The minimum atomic E-state index is 0.626. The molecule has 0 spiro atoms. The number of hydrogen-bond acceptors (Lipinski definition) is 4. The number of hydrogen-bond donors (Lipinski definition) is 1. The van der Waals surface area contributed by atoms with Crippen molar-refractivity contribution < 1.29 is 4.79 Å². The highest BCUT2D eigenvalue weighted by atomic mass is 16.1. The zero-order valence-electron chi connectivity index (χ0n) is 10.2. The summed E-state index contributed by atoms with van der Waals surface area (Å²) in [6.07, 6.45) is 5.86. The molecule has 3 rings (SSSR count). The number of carbonyl (C=O) groups is 1. The Labute approximate surface area is 105 Å². The number of nitrogens with zero attached hydrogens (tertiary/aromatic N) is 3. The third-order valence-corrected chi connectivity index (χ3v) is 3.46. The van der Waals surface area contributed by atoms with Crippen molar-refractivity contribution in [2.75, 3.05) is 13.1 Å². The molecular formula is C13H16N4O. The summed E-state index contributed by atoms with van der Waals surface area (Å²) in [5.41, 5.74) is 1.44. The van der Waals surface area contributed by atoms with Gasteiger partial charge in [0.05, 0.1) is 0 Å². The first-order valence-electron chi connectivity index (χ1n) is 6.36. The Morgan fingerprint density at radius 1 is 1.39 bits per heavy atom. The second kappa shape index (κ2) is 4.86. The zero-order chi connectivity index (χ0) is 12.4. The molecule has 0 amide bonds. The summed E-state index contributed by atoms with van der Waals surface area (Å²) in [6, 6.07) is 3.61. The molecule has 1 aliphatic heterocycles. The third-order valence-electron chi connectivity index (χ3n) is 3.46. The van der Waals surface area contributed by atoms with Crippen molar-refractivity contribution in [2.24, 2.45) is 5.92 Å². The number of aldehydes is 1. The number of carbonyl (C=O) groups excluding carboxylic acids is 1. The van der Waals surface area contributed by atoms with E-state index in [1.807, 2.05) is 6.07 Å². The van der Waals surface area contributed by atoms with Gasteiger partial charge in [0.15, 0.2) is 17.8 Å². The SMILES string of the molecule is O=Cc1ccc2nc(CC3CCNCC3)nn2c1. The highest BCUT2D eigenvalue weighted by molar-refractivity contribution is 5.74. The van der Waals surface area contributed by atoms with E-state index >= 15 is 0 Å². The van der Waals surface area contributed by atoms with E-state index in [0.29, 0.717) is 11.5 Å². The Balaban J connectivity index is 1.81. The first-order valence-corrected chi connectivity index (χ1v) is 6.36. The van der Waals surface area contributed by atoms with Crippen LogP contribution in [0.2, 0.25) is 0 Å². The van der Waals surface area contributed by atoms with E-state index in [0.717, 1.165) is 37.3 Å². The molecule has 3 heterocycles. The Morgan fingerprint density at radius 2 is 2.22 bits per heavy atom. The summed E-state index contributed by atoms with van der Waals surface area (Å²) in [4.78, 5) is 15.2. The van der Waals surface area contributed by atoms with Crippen LogP contribution in [0.4, 0.5) is 0 Å². The van der Waals surface area contributed by atoms with Gasteiger partial charge in [-0.3, -0.25) is 4.79 Å². The molecule has 0 bridgehead atoms. The normalized spacial score (nSPS) is 17.1. The molecule has 0 unspecified atom stereocenters. The minimum Gasteiger partial charge on any atom is -0.317 e. The molecule has 94 valence electrons. The van der Waals surface area contributed by atoms with E-state index in [1.165, 1.54) is 12.8 Å². The van der Waals surface area contributed by atoms with Gasteiger partial charge in [0.2, 0.25) is 0 Å². The first kappa shape index (κ1) is 11.3.